The van der Waals surface area contributed by atoms with Crippen LogP contribution in [0.2, 0.25) is 0 Å². The van der Waals surface area contributed by atoms with Crippen LogP contribution in [0.15, 0.2) is 24.7 Å². The van der Waals surface area contributed by atoms with Gasteiger partial charge < -0.3 is 30.6 Å². The summed E-state index contributed by atoms with van der Waals surface area (Å²) in [4.78, 5) is 12.3. The van der Waals surface area contributed by atoms with E-state index in [1.165, 1.54) is 6.20 Å². The van der Waals surface area contributed by atoms with Crippen LogP contribution in [0.1, 0.15) is 17.5 Å². The van der Waals surface area contributed by atoms with E-state index >= 15 is 4.39 Å². The molecule has 3 N–H and O–H groups in total. The maximum atomic E-state index is 15.3. The molecule has 1 fully saturated rings. The van der Waals surface area contributed by atoms with Gasteiger partial charge in [-0.15, -0.1) is 0 Å². The van der Waals surface area contributed by atoms with Gasteiger partial charge >= 0.3 is 0 Å². The van der Waals surface area contributed by atoms with Crippen molar-refractivity contribution in [1.29, 1.82) is 5.41 Å². The number of aryl methyl sites for hydroxylation is 1. The normalized spacial score (nSPS) is 13.7. The number of aromatic nitrogens is 4. The summed E-state index contributed by atoms with van der Waals surface area (Å²) in [6, 6.07) is 0.871. The van der Waals surface area contributed by atoms with Crippen LogP contribution in [0, 0.1) is 22.9 Å². The molecule has 10 nitrogen and oxygen atoms in total. The molecule has 0 amide bonds. The first kappa shape index (κ1) is 26.4. The van der Waals surface area contributed by atoms with Gasteiger partial charge in [0.25, 0.3) is 0 Å². The summed E-state index contributed by atoms with van der Waals surface area (Å²) in [7, 11) is 4.02. The molecule has 2 aromatic heterocycles. The Morgan fingerprint density at radius 1 is 1.16 bits per heavy atom. The lowest BCUT2D eigenvalue weighted by molar-refractivity contribution is 0.122. The molecule has 1 aromatic carbocycles. The van der Waals surface area contributed by atoms with Crippen LogP contribution in [-0.2, 0) is 17.8 Å². The van der Waals surface area contributed by atoms with Crippen LogP contribution in [0.4, 0.5) is 36.3 Å². The maximum Gasteiger partial charge on any atom is 0.229 e. The van der Waals surface area contributed by atoms with Crippen molar-refractivity contribution < 1.29 is 17.9 Å². The van der Waals surface area contributed by atoms with E-state index in [4.69, 9.17) is 10.1 Å². The predicted molar refractivity (Wildman–Crippen MR) is 135 cm³/mol. The van der Waals surface area contributed by atoms with E-state index in [1.807, 2.05) is 20.3 Å². The van der Waals surface area contributed by atoms with Crippen LogP contribution >= 0.6 is 0 Å². The zero-order valence-corrected chi connectivity index (χ0v) is 20.8. The number of morpholine rings is 1. The highest BCUT2D eigenvalue weighted by molar-refractivity contribution is 5.84. The molecule has 0 spiro atoms. The summed E-state index contributed by atoms with van der Waals surface area (Å²) >= 11 is 0. The molecule has 1 aliphatic heterocycles. The Hall–Kier alpha value is -3.71. The van der Waals surface area contributed by atoms with E-state index in [0.29, 0.717) is 37.6 Å². The number of hydrogen-bond acceptors (Lipinski definition) is 9. The summed E-state index contributed by atoms with van der Waals surface area (Å²) in [5, 5.41) is 17.8. The molecular weight excluding hydrogens is 487 g/mol. The Balaban J connectivity index is 1.49. The fraction of sp³-hybridized carbons (Fsp3) is 0.417. The Morgan fingerprint density at radius 3 is 2.68 bits per heavy atom. The minimum absolute atomic E-state index is 0.0149. The summed E-state index contributed by atoms with van der Waals surface area (Å²) < 4.78 is 51.3. The minimum atomic E-state index is -1.27. The minimum Gasteiger partial charge on any atom is -0.378 e. The van der Waals surface area contributed by atoms with E-state index in [2.05, 4.69) is 30.6 Å². The fourth-order valence-corrected chi connectivity index (χ4v) is 3.93. The molecule has 1 aliphatic rings. The molecule has 1 saturated heterocycles. The van der Waals surface area contributed by atoms with Gasteiger partial charge in [0.2, 0.25) is 5.95 Å². The fourth-order valence-electron chi connectivity index (χ4n) is 3.93. The summed E-state index contributed by atoms with van der Waals surface area (Å²) in [6.07, 6.45) is 6.83. The number of nitrogens with one attached hydrogen (secondary N) is 3. The van der Waals surface area contributed by atoms with E-state index < -0.39 is 23.0 Å². The monoisotopic (exact) mass is 517 g/mol. The van der Waals surface area contributed by atoms with Gasteiger partial charge in [0.15, 0.2) is 17.5 Å². The van der Waals surface area contributed by atoms with Crippen molar-refractivity contribution in [3.63, 3.8) is 0 Å². The third kappa shape index (κ3) is 6.54. The zero-order chi connectivity index (χ0) is 26.4. The van der Waals surface area contributed by atoms with Crippen molar-refractivity contribution in [1.82, 2.24) is 24.6 Å². The van der Waals surface area contributed by atoms with Crippen LogP contribution in [-0.4, -0.2) is 77.8 Å². The van der Waals surface area contributed by atoms with Gasteiger partial charge in [-0.3, -0.25) is 4.68 Å². The van der Waals surface area contributed by atoms with E-state index in [9.17, 15) is 8.78 Å². The van der Waals surface area contributed by atoms with Gasteiger partial charge in [0, 0.05) is 56.4 Å². The number of hydrogen-bond donors (Lipinski definition) is 3. The number of ether oxygens (including phenoxy) is 1. The Labute approximate surface area is 213 Å². The first-order valence-electron chi connectivity index (χ1n) is 11.9. The van der Waals surface area contributed by atoms with Crippen molar-refractivity contribution in [2.24, 2.45) is 0 Å². The Kier molecular flexibility index (Phi) is 8.56. The van der Waals surface area contributed by atoms with Gasteiger partial charge in [0.05, 0.1) is 36.3 Å². The van der Waals surface area contributed by atoms with Gasteiger partial charge in [-0.05, 0) is 27.1 Å². The second-order valence-electron chi connectivity index (χ2n) is 8.85. The largest absolute Gasteiger partial charge is 0.378 e. The quantitative estimate of drug-likeness (QED) is 0.263. The van der Waals surface area contributed by atoms with Crippen molar-refractivity contribution in [2.75, 3.05) is 62.5 Å². The summed E-state index contributed by atoms with van der Waals surface area (Å²) in [6.45, 7) is 2.80. The molecule has 0 unspecified atom stereocenters. The average molecular weight is 518 g/mol. The molecule has 4 rings (SSSR count). The molecule has 198 valence electrons. The Morgan fingerprint density at radius 2 is 1.95 bits per heavy atom. The smallest absolute Gasteiger partial charge is 0.229 e. The van der Waals surface area contributed by atoms with E-state index in [1.54, 1.807) is 15.8 Å². The molecule has 3 aromatic rings. The average Bonchev–Trinajstić information content (AvgIpc) is 3.33. The first-order chi connectivity index (χ1) is 17.9. The molecule has 0 aliphatic carbocycles. The van der Waals surface area contributed by atoms with E-state index in [0.717, 1.165) is 31.8 Å². The highest BCUT2D eigenvalue weighted by Gasteiger charge is 2.24. The third-order valence-corrected chi connectivity index (χ3v) is 5.87. The number of anilines is 4. The molecule has 0 saturated carbocycles. The van der Waals surface area contributed by atoms with Crippen molar-refractivity contribution >= 4 is 29.4 Å². The highest BCUT2D eigenvalue weighted by Crippen LogP contribution is 2.29. The van der Waals surface area contributed by atoms with Crippen LogP contribution in [0.3, 0.4) is 0 Å². The number of halogens is 3. The van der Waals surface area contributed by atoms with Gasteiger partial charge in [0.1, 0.15) is 5.82 Å². The molecule has 0 bridgehead atoms. The number of nitrogens with zero attached hydrogens (tertiary/aromatic N) is 6. The van der Waals surface area contributed by atoms with Gasteiger partial charge in [-0.1, -0.05) is 0 Å². The number of benzene rings is 1. The van der Waals surface area contributed by atoms with Crippen molar-refractivity contribution in [2.45, 2.75) is 19.5 Å². The second kappa shape index (κ2) is 12.0. The molecule has 13 heteroatoms. The van der Waals surface area contributed by atoms with Gasteiger partial charge in [-0.2, -0.15) is 10.1 Å². The highest BCUT2D eigenvalue weighted by atomic mass is 19.2. The van der Waals surface area contributed by atoms with Gasteiger partial charge in [-0.25, -0.2) is 18.2 Å². The SMILES string of the molecule is CN(C)CCCn1cc(Nc2ncc(C=N)c(NCc3c(F)c(F)cc(N4CCOCC4)c3F)n2)cn1. The standard InChI is InChI=1S/C24H30F3N9O/c1-34(2)4-3-5-36-15-17(13-31-36)32-24-30-12-16(11-28)23(33-24)29-14-18-21(26)19(25)10-20(22(18)27)35-6-8-37-9-7-35/h10-13,15,28H,3-9,14H2,1-2H3,(H2,29,30,32,33). The van der Waals surface area contributed by atoms with E-state index in [-0.39, 0.29) is 24.0 Å². The lowest BCUT2D eigenvalue weighted by Gasteiger charge is -2.29. The van der Waals surface area contributed by atoms with Crippen molar-refractivity contribution in [3.8, 4) is 0 Å². The molecule has 37 heavy (non-hydrogen) atoms. The summed E-state index contributed by atoms with van der Waals surface area (Å²) in [5.41, 5.74) is 0.495. The lowest BCUT2D eigenvalue weighted by Crippen LogP contribution is -2.37. The first-order valence-corrected chi connectivity index (χ1v) is 11.9. The summed E-state index contributed by atoms with van der Waals surface area (Å²) in [5.74, 6) is -2.89. The second-order valence-corrected chi connectivity index (χ2v) is 8.85. The Bertz CT molecular complexity index is 1230. The molecule has 3 heterocycles. The van der Waals surface area contributed by atoms with Crippen LogP contribution in [0.25, 0.3) is 0 Å². The van der Waals surface area contributed by atoms with Crippen molar-refractivity contribution in [3.05, 3.63) is 53.2 Å². The topological polar surface area (TPSA) is 107 Å². The third-order valence-electron chi connectivity index (χ3n) is 5.87. The molecular formula is C24H30F3N9O. The molecule has 0 atom stereocenters. The predicted octanol–water partition coefficient (Wildman–Crippen LogP) is 3.23. The lowest BCUT2D eigenvalue weighted by atomic mass is 10.1. The number of rotatable bonds is 11. The van der Waals surface area contributed by atoms with Crippen LogP contribution < -0.4 is 15.5 Å². The maximum absolute atomic E-state index is 15.3. The zero-order valence-electron chi connectivity index (χ0n) is 20.8. The van der Waals surface area contributed by atoms with Crippen LogP contribution in [0.5, 0.6) is 0 Å². The molecule has 0 radical (unpaired) electrons.